The average molecular weight is 449 g/mol. The van der Waals surface area contributed by atoms with E-state index in [1.807, 2.05) is 0 Å². The van der Waals surface area contributed by atoms with E-state index in [1.165, 1.54) is 6.07 Å². The zero-order valence-electron chi connectivity index (χ0n) is 14.6. The van der Waals surface area contributed by atoms with E-state index in [-0.39, 0.29) is 19.6 Å². The summed E-state index contributed by atoms with van der Waals surface area (Å²) in [6.07, 6.45) is -2.53. The number of nitrogens with one attached hydrogen (secondary N) is 1. The fraction of sp³-hybridized carbons (Fsp3) is 0.375. The van der Waals surface area contributed by atoms with E-state index >= 15 is 0 Å². The Hall–Kier alpha value is -2.01. The van der Waals surface area contributed by atoms with Crippen molar-refractivity contribution in [2.75, 3.05) is 6.61 Å². The van der Waals surface area contributed by atoms with Crippen molar-refractivity contribution in [1.29, 1.82) is 0 Å². The lowest BCUT2D eigenvalue weighted by Gasteiger charge is -2.26. The summed E-state index contributed by atoms with van der Waals surface area (Å²) in [4.78, 5) is 24.8. The van der Waals surface area contributed by atoms with Crippen LogP contribution in [-0.2, 0) is 25.0 Å². The van der Waals surface area contributed by atoms with Crippen LogP contribution < -0.4 is 15.8 Å². The van der Waals surface area contributed by atoms with Crippen LogP contribution in [0.15, 0.2) is 34.0 Å². The highest BCUT2D eigenvalue weighted by Gasteiger charge is 2.40. The summed E-state index contributed by atoms with van der Waals surface area (Å²) in [5.41, 5.74) is -1.45. The third-order valence-electron chi connectivity index (χ3n) is 4.45. The molecule has 1 fully saturated rings. The molecule has 0 radical (unpaired) electrons. The quantitative estimate of drug-likeness (QED) is 0.676. The Morgan fingerprint density at radius 3 is 3.00 bits per heavy atom. The van der Waals surface area contributed by atoms with Crippen molar-refractivity contribution in [3.8, 4) is 5.75 Å². The van der Waals surface area contributed by atoms with Crippen molar-refractivity contribution in [2.24, 2.45) is 0 Å². The zero-order chi connectivity index (χ0) is 20.8. The topological polar surface area (TPSA) is 129 Å². The van der Waals surface area contributed by atoms with E-state index < -0.39 is 43.3 Å². The van der Waals surface area contributed by atoms with Crippen LogP contribution in [0.2, 0.25) is 5.02 Å². The molecule has 3 heterocycles. The van der Waals surface area contributed by atoms with Crippen molar-refractivity contribution in [2.45, 2.75) is 31.5 Å². The normalized spacial score (nSPS) is 28.7. The highest BCUT2D eigenvalue weighted by molar-refractivity contribution is 7.49. The molecule has 13 heteroatoms. The number of halogens is 2. The number of hydrogen-bond acceptors (Lipinski definition) is 8. The van der Waals surface area contributed by atoms with Crippen LogP contribution in [0.4, 0.5) is 4.39 Å². The van der Waals surface area contributed by atoms with Gasteiger partial charge in [0.05, 0.1) is 25.5 Å². The SMILES string of the molecule is O=c1[nH]c(=O)n([C@H]2C[C@H](O)[C@@H](COP3(=O)OCc4cc(Cl)ccc4O3)O2)cc1F. The summed E-state index contributed by atoms with van der Waals surface area (Å²) in [5.74, 6) is -0.875. The number of H-pyrrole nitrogens is 1. The van der Waals surface area contributed by atoms with Crippen molar-refractivity contribution in [3.63, 3.8) is 0 Å². The Labute approximate surface area is 167 Å². The summed E-state index contributed by atoms with van der Waals surface area (Å²) in [5, 5.41) is 10.6. The number of hydrogen-bond donors (Lipinski definition) is 2. The van der Waals surface area contributed by atoms with E-state index in [0.717, 1.165) is 4.57 Å². The van der Waals surface area contributed by atoms with Gasteiger partial charge in [0.1, 0.15) is 18.1 Å². The van der Waals surface area contributed by atoms with Gasteiger partial charge in [-0.1, -0.05) is 11.6 Å². The minimum Gasteiger partial charge on any atom is -0.404 e. The van der Waals surface area contributed by atoms with Gasteiger partial charge in [-0.2, -0.15) is 4.39 Å². The number of aliphatic hydroxyl groups is 1. The Morgan fingerprint density at radius 1 is 1.41 bits per heavy atom. The minimum absolute atomic E-state index is 0.0457. The number of ether oxygens (including phenoxy) is 1. The molecule has 2 aliphatic heterocycles. The number of fused-ring (bicyclic) bond motifs is 1. The molecule has 1 aromatic carbocycles. The standard InChI is InChI=1S/C16H15ClFN2O8P/c17-9-1-2-12-8(3-9)6-25-29(24,28-12)26-7-13-11(21)4-14(27-13)20-5-10(18)15(22)19-16(20)23/h1-3,5,11,13-14,21H,4,6-7H2,(H,19,22,23)/t11-,13+,14+,29?/m0/s1. The largest absolute Gasteiger partial charge is 0.530 e. The molecule has 1 unspecified atom stereocenters. The Bertz CT molecular complexity index is 1110. The van der Waals surface area contributed by atoms with Gasteiger partial charge in [-0.05, 0) is 18.2 Å². The molecule has 156 valence electrons. The second-order valence-electron chi connectivity index (χ2n) is 6.44. The highest BCUT2D eigenvalue weighted by atomic mass is 35.5. The molecule has 2 aliphatic rings. The molecule has 0 bridgehead atoms. The van der Waals surface area contributed by atoms with Crippen LogP contribution in [0.3, 0.4) is 0 Å². The number of phosphoric ester groups is 1. The van der Waals surface area contributed by atoms with Gasteiger partial charge in [0.2, 0.25) is 5.82 Å². The second kappa shape index (κ2) is 7.67. The fourth-order valence-corrected chi connectivity index (χ4v) is 4.40. The summed E-state index contributed by atoms with van der Waals surface area (Å²) in [7, 11) is -3.97. The van der Waals surface area contributed by atoms with Gasteiger partial charge in [-0.3, -0.25) is 23.4 Å². The molecule has 10 nitrogen and oxygen atoms in total. The van der Waals surface area contributed by atoms with Gasteiger partial charge in [-0.25, -0.2) is 9.36 Å². The number of benzene rings is 1. The van der Waals surface area contributed by atoms with Crippen LogP contribution in [0.25, 0.3) is 0 Å². The number of rotatable bonds is 4. The van der Waals surface area contributed by atoms with Crippen LogP contribution in [0.1, 0.15) is 18.2 Å². The van der Waals surface area contributed by atoms with Gasteiger partial charge in [0.25, 0.3) is 5.56 Å². The van der Waals surface area contributed by atoms with E-state index in [2.05, 4.69) is 0 Å². The second-order valence-corrected chi connectivity index (χ2v) is 8.47. The Kier molecular flexibility index (Phi) is 5.36. The van der Waals surface area contributed by atoms with Crippen LogP contribution >= 0.6 is 19.4 Å². The summed E-state index contributed by atoms with van der Waals surface area (Å²) < 4.78 is 48.2. The fourth-order valence-electron chi connectivity index (χ4n) is 2.98. The molecule has 0 aliphatic carbocycles. The first kappa shape index (κ1) is 20.3. The van der Waals surface area contributed by atoms with Gasteiger partial charge in [0.15, 0.2) is 0 Å². The average Bonchev–Trinajstić information content (AvgIpc) is 3.04. The van der Waals surface area contributed by atoms with E-state index in [0.29, 0.717) is 22.5 Å². The summed E-state index contributed by atoms with van der Waals surface area (Å²) in [6, 6.07) is 4.70. The molecule has 0 saturated carbocycles. The van der Waals surface area contributed by atoms with Crippen LogP contribution in [0.5, 0.6) is 5.75 Å². The van der Waals surface area contributed by atoms with Gasteiger partial charge in [0, 0.05) is 17.0 Å². The van der Waals surface area contributed by atoms with Crippen molar-refractivity contribution in [1.82, 2.24) is 9.55 Å². The van der Waals surface area contributed by atoms with E-state index in [9.17, 15) is 23.7 Å². The highest BCUT2D eigenvalue weighted by Crippen LogP contribution is 2.55. The predicted molar refractivity (Wildman–Crippen MR) is 96.2 cm³/mol. The van der Waals surface area contributed by atoms with Crippen molar-refractivity contribution < 1.29 is 32.4 Å². The molecule has 4 rings (SSSR count). The number of phosphoric acid groups is 1. The minimum atomic E-state index is -3.97. The monoisotopic (exact) mass is 448 g/mol. The molecular formula is C16H15ClFN2O8P. The third-order valence-corrected chi connectivity index (χ3v) is 6.01. The Morgan fingerprint density at radius 2 is 2.21 bits per heavy atom. The first-order chi connectivity index (χ1) is 13.7. The number of aliphatic hydroxyl groups excluding tert-OH is 1. The van der Waals surface area contributed by atoms with Crippen molar-refractivity contribution in [3.05, 3.63) is 61.6 Å². The molecule has 0 spiro atoms. The van der Waals surface area contributed by atoms with E-state index in [1.54, 1.807) is 17.1 Å². The van der Waals surface area contributed by atoms with Crippen LogP contribution in [-0.4, -0.2) is 33.5 Å². The molecule has 29 heavy (non-hydrogen) atoms. The van der Waals surface area contributed by atoms with Crippen molar-refractivity contribution >= 4 is 19.4 Å². The lowest BCUT2D eigenvalue weighted by molar-refractivity contribution is -0.0471. The molecule has 0 amide bonds. The molecule has 4 atom stereocenters. The van der Waals surface area contributed by atoms with Crippen LogP contribution in [0, 0.1) is 5.82 Å². The van der Waals surface area contributed by atoms with Gasteiger partial charge < -0.3 is 14.4 Å². The Balaban J connectivity index is 1.42. The predicted octanol–water partition coefficient (Wildman–Crippen LogP) is 1.71. The first-order valence-corrected chi connectivity index (χ1v) is 10.3. The summed E-state index contributed by atoms with van der Waals surface area (Å²) in [6.45, 7) is -0.422. The maximum atomic E-state index is 13.5. The van der Waals surface area contributed by atoms with Gasteiger partial charge in [-0.15, -0.1) is 0 Å². The number of nitrogens with zero attached hydrogens (tertiary/aromatic N) is 1. The van der Waals surface area contributed by atoms with Gasteiger partial charge >= 0.3 is 13.5 Å². The maximum Gasteiger partial charge on any atom is 0.530 e. The lowest BCUT2D eigenvalue weighted by Crippen LogP contribution is -2.34. The zero-order valence-corrected chi connectivity index (χ0v) is 16.3. The molecule has 2 N–H and O–H groups in total. The maximum absolute atomic E-state index is 13.5. The first-order valence-electron chi connectivity index (χ1n) is 8.46. The molecule has 1 saturated heterocycles. The lowest BCUT2D eigenvalue weighted by atomic mass is 10.2. The molecule has 2 aromatic rings. The number of aromatic nitrogens is 2. The summed E-state index contributed by atoms with van der Waals surface area (Å²) >= 11 is 5.88. The third kappa shape index (κ3) is 4.16. The molecule has 1 aromatic heterocycles. The van der Waals surface area contributed by atoms with E-state index in [4.69, 9.17) is 29.9 Å². The number of aromatic amines is 1. The molecular weight excluding hydrogens is 434 g/mol. The smallest absolute Gasteiger partial charge is 0.404 e.